The lowest BCUT2D eigenvalue weighted by atomic mass is 10.0. The average molecular weight is 267 g/mol. The Morgan fingerprint density at radius 3 is 1.32 bits per heavy atom. The van der Waals surface area contributed by atoms with Crippen molar-refractivity contribution in [1.29, 1.82) is 0 Å². The molecule has 0 N–H and O–H groups in total. The summed E-state index contributed by atoms with van der Waals surface area (Å²) in [5.41, 5.74) is 1.49. The number of allylic oxidation sites excluding steroid dienone is 1. The molecule has 19 heavy (non-hydrogen) atoms. The molecule has 0 aliphatic rings. The zero-order valence-corrected chi connectivity index (χ0v) is 13.8. The molecule has 0 rings (SSSR count). The van der Waals surface area contributed by atoms with E-state index in [4.69, 9.17) is 0 Å². The molecule has 0 aliphatic carbocycles. The largest absolute Gasteiger partial charge is 0.0999 e. The highest BCUT2D eigenvalue weighted by atomic mass is 14.0. The summed E-state index contributed by atoms with van der Waals surface area (Å²) in [7, 11) is 0. The Balaban J connectivity index is 3.07. The van der Waals surface area contributed by atoms with E-state index >= 15 is 0 Å². The summed E-state index contributed by atoms with van der Waals surface area (Å²) in [4.78, 5) is 0. The van der Waals surface area contributed by atoms with Crippen LogP contribution in [0.25, 0.3) is 0 Å². The van der Waals surface area contributed by atoms with Crippen molar-refractivity contribution in [1.82, 2.24) is 0 Å². The fourth-order valence-corrected chi connectivity index (χ4v) is 2.61. The zero-order chi connectivity index (χ0) is 14.2. The third kappa shape index (κ3) is 15.7. The summed E-state index contributed by atoms with van der Waals surface area (Å²) >= 11 is 0. The molecule has 0 aromatic carbocycles. The van der Waals surface area contributed by atoms with Gasteiger partial charge in [-0.2, -0.15) is 0 Å². The maximum Gasteiger partial charge on any atom is -0.0323 e. The molecule has 0 radical (unpaired) electrons. The lowest BCUT2D eigenvalue weighted by Gasteiger charge is -2.05. The van der Waals surface area contributed by atoms with E-state index in [9.17, 15) is 0 Å². The number of unbranched alkanes of at least 4 members (excludes halogenated alkanes) is 11. The van der Waals surface area contributed by atoms with E-state index in [2.05, 4.69) is 20.4 Å². The van der Waals surface area contributed by atoms with E-state index in [-0.39, 0.29) is 0 Å². The predicted molar refractivity (Wildman–Crippen MR) is 89.7 cm³/mol. The molecule has 114 valence electrons. The number of hydrogen-bond acceptors (Lipinski definition) is 0. The van der Waals surface area contributed by atoms with Crippen molar-refractivity contribution >= 4 is 0 Å². The van der Waals surface area contributed by atoms with Crippen molar-refractivity contribution < 1.29 is 0 Å². The van der Waals surface area contributed by atoms with Gasteiger partial charge in [-0.1, -0.05) is 96.6 Å². The highest BCUT2D eigenvalue weighted by Crippen LogP contribution is 2.16. The van der Waals surface area contributed by atoms with Gasteiger partial charge in [0.05, 0.1) is 0 Å². The van der Waals surface area contributed by atoms with Gasteiger partial charge in [0.1, 0.15) is 0 Å². The molecule has 0 atom stereocenters. The minimum atomic E-state index is 1.27. The molecule has 0 saturated heterocycles. The van der Waals surface area contributed by atoms with Gasteiger partial charge in [-0.3, -0.25) is 0 Å². The number of rotatable bonds is 15. The van der Waals surface area contributed by atoms with Gasteiger partial charge in [-0.15, -0.1) is 0 Å². The van der Waals surface area contributed by atoms with E-state index in [1.54, 1.807) is 0 Å². The monoisotopic (exact) mass is 266 g/mol. The van der Waals surface area contributed by atoms with E-state index < -0.39 is 0 Å². The van der Waals surface area contributed by atoms with E-state index in [0.29, 0.717) is 0 Å². The van der Waals surface area contributed by atoms with E-state index in [1.165, 1.54) is 102 Å². The van der Waals surface area contributed by atoms with Crippen LogP contribution in [0.2, 0.25) is 0 Å². The van der Waals surface area contributed by atoms with Crippen LogP contribution in [0, 0.1) is 0 Å². The Morgan fingerprint density at radius 2 is 0.842 bits per heavy atom. The molecule has 0 nitrogen and oxygen atoms in total. The Bertz CT molecular complexity index is 180. The van der Waals surface area contributed by atoms with Crippen LogP contribution in [0.15, 0.2) is 12.2 Å². The third-order valence-corrected chi connectivity index (χ3v) is 4.02. The third-order valence-electron chi connectivity index (χ3n) is 4.02. The quantitative estimate of drug-likeness (QED) is 0.213. The smallest absolute Gasteiger partial charge is 0.0323 e. The molecule has 0 bridgehead atoms. The zero-order valence-electron chi connectivity index (χ0n) is 13.8. The molecule has 0 saturated carbocycles. The average Bonchev–Trinajstić information content (AvgIpc) is 2.41. The minimum absolute atomic E-state index is 1.27. The molecular weight excluding hydrogens is 228 g/mol. The van der Waals surface area contributed by atoms with Gasteiger partial charge in [0.15, 0.2) is 0 Å². The summed E-state index contributed by atoms with van der Waals surface area (Å²) in [6.45, 7) is 8.76. The first-order valence-corrected chi connectivity index (χ1v) is 8.97. The molecule has 0 spiro atoms. The molecule has 0 amide bonds. The normalized spacial score (nSPS) is 10.8. The molecule has 0 aromatic rings. The second-order valence-electron chi connectivity index (χ2n) is 6.14. The van der Waals surface area contributed by atoms with Gasteiger partial charge in [0.25, 0.3) is 0 Å². The van der Waals surface area contributed by atoms with Gasteiger partial charge in [0, 0.05) is 0 Å². The Labute approximate surface area is 123 Å². The molecular formula is C19H38. The maximum atomic E-state index is 4.20. The van der Waals surface area contributed by atoms with Crippen LogP contribution < -0.4 is 0 Å². The van der Waals surface area contributed by atoms with Gasteiger partial charge < -0.3 is 0 Å². The molecule has 0 fully saturated rings. The second kappa shape index (κ2) is 15.8. The van der Waals surface area contributed by atoms with Crippen LogP contribution in [-0.2, 0) is 0 Å². The molecule has 0 aliphatic heterocycles. The van der Waals surface area contributed by atoms with Gasteiger partial charge >= 0.3 is 0 Å². The Hall–Kier alpha value is -0.260. The second-order valence-corrected chi connectivity index (χ2v) is 6.14. The fourth-order valence-electron chi connectivity index (χ4n) is 2.61. The lowest BCUT2D eigenvalue weighted by Crippen LogP contribution is -1.85. The topological polar surface area (TPSA) is 0 Å². The van der Waals surface area contributed by atoms with Crippen LogP contribution in [0.5, 0.6) is 0 Å². The fraction of sp³-hybridized carbons (Fsp3) is 0.895. The molecule has 0 unspecified atom stereocenters. The van der Waals surface area contributed by atoms with Crippen LogP contribution in [0.3, 0.4) is 0 Å². The van der Waals surface area contributed by atoms with Crippen molar-refractivity contribution in [3.05, 3.63) is 12.2 Å². The summed E-state index contributed by atoms with van der Waals surface area (Å²) in [6.07, 6.45) is 20.9. The van der Waals surface area contributed by atoms with E-state index in [1.807, 2.05) is 0 Å². The van der Waals surface area contributed by atoms with Gasteiger partial charge in [-0.25, -0.2) is 0 Å². The SMILES string of the molecule is C=C(CCCCC)CCCCCCCCCCCC. The maximum absolute atomic E-state index is 4.20. The highest BCUT2D eigenvalue weighted by Gasteiger charge is 1.96. The van der Waals surface area contributed by atoms with Crippen molar-refractivity contribution in [2.45, 2.75) is 110 Å². The van der Waals surface area contributed by atoms with E-state index in [0.717, 1.165) is 0 Å². The Morgan fingerprint density at radius 1 is 0.526 bits per heavy atom. The van der Waals surface area contributed by atoms with Crippen LogP contribution in [0.1, 0.15) is 110 Å². The van der Waals surface area contributed by atoms with Crippen molar-refractivity contribution in [2.75, 3.05) is 0 Å². The minimum Gasteiger partial charge on any atom is -0.0999 e. The first-order chi connectivity index (χ1) is 9.31. The van der Waals surface area contributed by atoms with Crippen LogP contribution in [0.4, 0.5) is 0 Å². The first kappa shape index (κ1) is 18.7. The van der Waals surface area contributed by atoms with Crippen molar-refractivity contribution in [3.63, 3.8) is 0 Å². The predicted octanol–water partition coefficient (Wildman–Crippen LogP) is 7.43. The summed E-state index contributed by atoms with van der Waals surface area (Å²) in [5, 5.41) is 0. The molecule has 0 aromatic heterocycles. The van der Waals surface area contributed by atoms with Crippen molar-refractivity contribution in [2.24, 2.45) is 0 Å². The standard InChI is InChI=1S/C19H38/c1-4-6-8-9-10-11-12-13-14-16-18-19(3)17-15-7-5-2/h3-18H2,1-2H3. The van der Waals surface area contributed by atoms with Crippen molar-refractivity contribution in [3.8, 4) is 0 Å². The summed E-state index contributed by atoms with van der Waals surface area (Å²) in [5.74, 6) is 0. The summed E-state index contributed by atoms with van der Waals surface area (Å²) < 4.78 is 0. The van der Waals surface area contributed by atoms with Gasteiger partial charge in [-0.05, 0) is 25.7 Å². The summed E-state index contributed by atoms with van der Waals surface area (Å²) in [6, 6.07) is 0. The highest BCUT2D eigenvalue weighted by molar-refractivity contribution is 4.93. The lowest BCUT2D eigenvalue weighted by molar-refractivity contribution is 0.553. The molecule has 0 heteroatoms. The van der Waals surface area contributed by atoms with Crippen LogP contribution in [-0.4, -0.2) is 0 Å². The Kier molecular flexibility index (Phi) is 15.6. The molecule has 0 heterocycles. The van der Waals surface area contributed by atoms with Gasteiger partial charge in [0.2, 0.25) is 0 Å². The number of hydrogen-bond donors (Lipinski definition) is 0. The first-order valence-electron chi connectivity index (χ1n) is 8.97. The van der Waals surface area contributed by atoms with Crippen LogP contribution >= 0.6 is 0 Å².